The van der Waals surface area contributed by atoms with Crippen molar-refractivity contribution in [3.8, 4) is 11.5 Å². The van der Waals surface area contributed by atoms with E-state index in [-0.39, 0.29) is 5.41 Å². The van der Waals surface area contributed by atoms with Gasteiger partial charge in [0.15, 0.2) is 0 Å². The van der Waals surface area contributed by atoms with Gasteiger partial charge in [-0.25, -0.2) is 4.98 Å². The molecule has 0 saturated carbocycles. The second-order valence-corrected chi connectivity index (χ2v) is 8.85. The van der Waals surface area contributed by atoms with E-state index in [2.05, 4.69) is 56.5 Å². The van der Waals surface area contributed by atoms with Crippen molar-refractivity contribution in [2.45, 2.75) is 46.3 Å². The molecule has 0 fully saturated rings. The van der Waals surface area contributed by atoms with Crippen LogP contribution in [0.25, 0.3) is 11.0 Å². The molecule has 0 aliphatic carbocycles. The normalized spacial score (nSPS) is 11.6. The van der Waals surface area contributed by atoms with Crippen LogP contribution in [0.15, 0.2) is 72.8 Å². The molecule has 31 heavy (non-hydrogen) atoms. The molecule has 1 heterocycles. The van der Waals surface area contributed by atoms with E-state index >= 15 is 0 Å². The van der Waals surface area contributed by atoms with Crippen LogP contribution >= 0.6 is 0 Å². The van der Waals surface area contributed by atoms with Crippen molar-refractivity contribution in [3.63, 3.8) is 0 Å². The monoisotopic (exact) mass is 414 g/mol. The molecule has 3 aromatic carbocycles. The molecule has 0 amide bonds. The Morgan fingerprint density at radius 2 is 1.55 bits per heavy atom. The summed E-state index contributed by atoms with van der Waals surface area (Å²) in [6.45, 7) is 10.4. The van der Waals surface area contributed by atoms with Gasteiger partial charge in [-0.15, -0.1) is 0 Å². The Hall–Kier alpha value is -3.27. The molecule has 4 rings (SSSR count). The minimum atomic E-state index is 0.129. The van der Waals surface area contributed by atoms with Gasteiger partial charge >= 0.3 is 0 Å². The maximum absolute atomic E-state index is 6.09. The highest BCUT2D eigenvalue weighted by Crippen LogP contribution is 2.25. The van der Waals surface area contributed by atoms with Crippen molar-refractivity contribution < 1.29 is 9.47 Å². The number of benzene rings is 3. The topological polar surface area (TPSA) is 36.3 Å². The van der Waals surface area contributed by atoms with E-state index in [9.17, 15) is 0 Å². The number of imidazole rings is 1. The van der Waals surface area contributed by atoms with Gasteiger partial charge < -0.3 is 14.0 Å². The van der Waals surface area contributed by atoms with Gasteiger partial charge in [0.2, 0.25) is 0 Å². The molecule has 4 heteroatoms. The molecule has 0 aliphatic rings. The number of ether oxygens (including phenoxy) is 2. The molecule has 0 bridgehead atoms. The van der Waals surface area contributed by atoms with E-state index < -0.39 is 0 Å². The Morgan fingerprint density at radius 1 is 0.839 bits per heavy atom. The lowest BCUT2D eigenvalue weighted by molar-refractivity contribution is 0.271. The average molecular weight is 415 g/mol. The quantitative estimate of drug-likeness (QED) is 0.356. The van der Waals surface area contributed by atoms with Crippen LogP contribution in [0.5, 0.6) is 11.5 Å². The fraction of sp³-hybridized carbons (Fsp3) is 0.296. The van der Waals surface area contributed by atoms with Crippen molar-refractivity contribution in [1.29, 1.82) is 0 Å². The zero-order valence-corrected chi connectivity index (χ0v) is 18.8. The van der Waals surface area contributed by atoms with Crippen LogP contribution in [0.4, 0.5) is 0 Å². The van der Waals surface area contributed by atoms with Crippen LogP contribution in [-0.2, 0) is 18.6 Å². The van der Waals surface area contributed by atoms with Gasteiger partial charge in [-0.2, -0.15) is 0 Å². The molecular weight excluding hydrogens is 384 g/mol. The zero-order valence-electron chi connectivity index (χ0n) is 18.8. The molecule has 0 N–H and O–H groups in total. The molecule has 1 aromatic heterocycles. The summed E-state index contributed by atoms with van der Waals surface area (Å²) in [6, 6.07) is 24.6. The molecule has 160 valence electrons. The predicted octanol–water partition coefficient (Wildman–Crippen LogP) is 6.30. The molecular formula is C27H30N2O2. The van der Waals surface area contributed by atoms with E-state index in [0.717, 1.165) is 33.9 Å². The number of nitrogens with zero attached hydrogens (tertiary/aromatic N) is 2. The fourth-order valence-corrected chi connectivity index (χ4v) is 3.65. The number of fused-ring (bicyclic) bond motifs is 1. The van der Waals surface area contributed by atoms with Crippen LogP contribution < -0.4 is 9.47 Å². The summed E-state index contributed by atoms with van der Waals surface area (Å²) >= 11 is 0. The molecule has 0 radical (unpaired) electrons. The molecule has 4 aromatic rings. The highest BCUT2D eigenvalue weighted by molar-refractivity contribution is 5.75. The third-order valence-electron chi connectivity index (χ3n) is 5.49. The first kappa shape index (κ1) is 21.0. The summed E-state index contributed by atoms with van der Waals surface area (Å²) in [5.74, 6) is 2.67. The van der Waals surface area contributed by atoms with Crippen molar-refractivity contribution in [1.82, 2.24) is 9.55 Å². The van der Waals surface area contributed by atoms with Gasteiger partial charge in [-0.05, 0) is 53.8 Å². The number of hydrogen-bond donors (Lipinski definition) is 0. The molecule has 0 spiro atoms. The van der Waals surface area contributed by atoms with Crippen LogP contribution in [0.3, 0.4) is 0 Å². The SMILES string of the molecule is Cc1ccccc1OCCn1c(COc2ccc(C(C)(C)C)cc2)nc2ccccc21. The molecule has 4 nitrogen and oxygen atoms in total. The highest BCUT2D eigenvalue weighted by Gasteiger charge is 2.14. The molecule has 0 aliphatic heterocycles. The molecule has 0 atom stereocenters. The highest BCUT2D eigenvalue weighted by atomic mass is 16.5. The Morgan fingerprint density at radius 3 is 2.29 bits per heavy atom. The van der Waals surface area contributed by atoms with E-state index in [4.69, 9.17) is 14.5 Å². The van der Waals surface area contributed by atoms with E-state index in [1.54, 1.807) is 0 Å². The van der Waals surface area contributed by atoms with Crippen molar-refractivity contribution in [3.05, 3.63) is 89.7 Å². The Kier molecular flexibility index (Phi) is 5.99. The van der Waals surface area contributed by atoms with Gasteiger partial charge in [0, 0.05) is 0 Å². The lowest BCUT2D eigenvalue weighted by Gasteiger charge is -2.19. The Bertz CT molecular complexity index is 1150. The largest absolute Gasteiger partial charge is 0.491 e. The van der Waals surface area contributed by atoms with Crippen LogP contribution in [0, 0.1) is 6.92 Å². The maximum atomic E-state index is 6.09. The van der Waals surface area contributed by atoms with Crippen molar-refractivity contribution >= 4 is 11.0 Å². The van der Waals surface area contributed by atoms with Crippen molar-refractivity contribution in [2.24, 2.45) is 0 Å². The maximum Gasteiger partial charge on any atom is 0.148 e. The van der Waals surface area contributed by atoms with E-state index in [1.807, 2.05) is 48.5 Å². The summed E-state index contributed by atoms with van der Waals surface area (Å²) in [7, 11) is 0. The third kappa shape index (κ3) is 4.91. The number of aromatic nitrogens is 2. The predicted molar refractivity (Wildman–Crippen MR) is 126 cm³/mol. The smallest absolute Gasteiger partial charge is 0.148 e. The summed E-state index contributed by atoms with van der Waals surface area (Å²) in [6.07, 6.45) is 0. The van der Waals surface area contributed by atoms with Gasteiger partial charge in [0.1, 0.15) is 30.5 Å². The lowest BCUT2D eigenvalue weighted by Crippen LogP contribution is -2.13. The van der Waals surface area contributed by atoms with Crippen LogP contribution in [0.2, 0.25) is 0 Å². The summed E-state index contributed by atoms with van der Waals surface area (Å²) in [5.41, 5.74) is 4.63. The molecule has 0 unspecified atom stereocenters. The summed E-state index contributed by atoms with van der Waals surface area (Å²) in [5, 5.41) is 0. The number of aryl methyl sites for hydroxylation is 1. The van der Waals surface area contributed by atoms with Crippen LogP contribution in [0.1, 0.15) is 37.7 Å². The first-order chi connectivity index (χ1) is 14.9. The van der Waals surface area contributed by atoms with Gasteiger partial charge in [0.05, 0.1) is 17.6 Å². The molecule has 0 saturated heterocycles. The van der Waals surface area contributed by atoms with Crippen molar-refractivity contribution in [2.75, 3.05) is 6.61 Å². The first-order valence-corrected chi connectivity index (χ1v) is 10.8. The average Bonchev–Trinajstić information content (AvgIpc) is 3.11. The minimum Gasteiger partial charge on any atom is -0.491 e. The second-order valence-electron chi connectivity index (χ2n) is 8.85. The summed E-state index contributed by atoms with van der Waals surface area (Å²) < 4.78 is 14.3. The zero-order chi connectivity index (χ0) is 21.8. The Labute approximate surface area is 184 Å². The van der Waals surface area contributed by atoms with E-state index in [0.29, 0.717) is 19.8 Å². The van der Waals surface area contributed by atoms with Gasteiger partial charge in [0.25, 0.3) is 0 Å². The van der Waals surface area contributed by atoms with Gasteiger partial charge in [-0.1, -0.05) is 63.2 Å². The van der Waals surface area contributed by atoms with E-state index in [1.165, 1.54) is 5.56 Å². The summed E-state index contributed by atoms with van der Waals surface area (Å²) in [4.78, 5) is 4.81. The third-order valence-corrected chi connectivity index (χ3v) is 5.49. The number of rotatable bonds is 7. The number of para-hydroxylation sites is 3. The standard InChI is InChI=1S/C27H30N2O2/c1-20-9-5-8-12-25(20)30-18-17-29-24-11-7-6-10-23(24)28-26(29)19-31-22-15-13-21(14-16-22)27(2,3)4/h5-16H,17-19H2,1-4H3. The van der Waals surface area contributed by atoms with Gasteiger partial charge in [-0.3, -0.25) is 0 Å². The van der Waals surface area contributed by atoms with Crippen LogP contribution in [-0.4, -0.2) is 16.2 Å². The second kappa shape index (κ2) is 8.84. The minimum absolute atomic E-state index is 0.129. The first-order valence-electron chi connectivity index (χ1n) is 10.8. The lowest BCUT2D eigenvalue weighted by atomic mass is 9.87. The Balaban J connectivity index is 1.49. The number of hydrogen-bond acceptors (Lipinski definition) is 3. The fourth-order valence-electron chi connectivity index (χ4n) is 3.65.